The van der Waals surface area contributed by atoms with Crippen molar-refractivity contribution in [1.29, 1.82) is 0 Å². The molecule has 0 saturated carbocycles. The van der Waals surface area contributed by atoms with Crippen LogP contribution in [-0.2, 0) is 6.61 Å². The van der Waals surface area contributed by atoms with E-state index in [-0.39, 0.29) is 11.9 Å². The number of carbonyl (C=O) groups excluding carboxylic acids is 1. The number of hydrogen-bond acceptors (Lipinski definition) is 5. The van der Waals surface area contributed by atoms with Crippen LogP contribution in [0.5, 0.6) is 5.88 Å². The van der Waals surface area contributed by atoms with Crippen molar-refractivity contribution in [3.63, 3.8) is 0 Å². The van der Waals surface area contributed by atoms with Gasteiger partial charge >= 0.3 is 6.03 Å². The summed E-state index contributed by atoms with van der Waals surface area (Å²) in [5.41, 5.74) is 2.44. The Kier molecular flexibility index (Phi) is 5.51. The number of aromatic nitrogens is 4. The van der Waals surface area contributed by atoms with Crippen LogP contribution in [0, 0.1) is 5.82 Å². The summed E-state index contributed by atoms with van der Waals surface area (Å²) in [6.45, 7) is 2.16. The van der Waals surface area contributed by atoms with Gasteiger partial charge in [-0.1, -0.05) is 12.1 Å². The largest absolute Gasteiger partial charge is 0.471 e. The summed E-state index contributed by atoms with van der Waals surface area (Å²) in [6, 6.07) is 10.6. The first-order chi connectivity index (χ1) is 14.6. The second-order valence-corrected chi connectivity index (χ2v) is 6.66. The highest BCUT2D eigenvalue weighted by atomic mass is 19.1. The molecule has 152 valence electrons. The van der Waals surface area contributed by atoms with Crippen molar-refractivity contribution in [2.45, 2.75) is 19.6 Å². The van der Waals surface area contributed by atoms with E-state index in [9.17, 15) is 9.18 Å². The molecule has 9 heteroatoms. The van der Waals surface area contributed by atoms with Crippen LogP contribution in [0.2, 0.25) is 0 Å². The molecule has 0 aliphatic carbocycles. The van der Waals surface area contributed by atoms with E-state index < -0.39 is 6.03 Å². The number of anilines is 1. The van der Waals surface area contributed by atoms with Crippen molar-refractivity contribution in [2.75, 3.05) is 5.32 Å². The highest BCUT2D eigenvalue weighted by molar-refractivity contribution is 5.92. The van der Waals surface area contributed by atoms with Crippen molar-refractivity contribution in [3.8, 4) is 5.88 Å². The Labute approximate surface area is 171 Å². The van der Waals surface area contributed by atoms with E-state index in [4.69, 9.17) is 4.74 Å². The highest BCUT2D eigenvalue weighted by Gasteiger charge is 2.13. The van der Waals surface area contributed by atoms with Crippen LogP contribution in [-0.4, -0.2) is 26.2 Å². The van der Waals surface area contributed by atoms with Gasteiger partial charge in [0.2, 0.25) is 5.88 Å². The molecule has 30 heavy (non-hydrogen) atoms. The maximum atomic E-state index is 13.0. The fraction of sp³-hybridized carbons (Fsp3) is 0.143. The number of benzene rings is 1. The normalized spacial score (nSPS) is 11.8. The molecule has 0 aliphatic rings. The number of nitrogens with zero attached hydrogens (tertiary/aromatic N) is 3. The number of halogens is 1. The smallest absolute Gasteiger partial charge is 0.320 e. The molecule has 1 unspecified atom stereocenters. The summed E-state index contributed by atoms with van der Waals surface area (Å²) in [7, 11) is 0. The lowest BCUT2D eigenvalue weighted by Crippen LogP contribution is -2.31. The first-order valence-corrected chi connectivity index (χ1v) is 9.27. The molecular weight excluding hydrogens is 387 g/mol. The summed E-state index contributed by atoms with van der Waals surface area (Å²) in [5.74, 6) is 0.461. The summed E-state index contributed by atoms with van der Waals surface area (Å²) < 4.78 is 18.8. The summed E-state index contributed by atoms with van der Waals surface area (Å²) in [5, 5.41) is 13.2. The molecule has 8 nitrogen and oxygen atoms in total. The number of H-pyrrole nitrogens is 1. The van der Waals surface area contributed by atoms with Gasteiger partial charge < -0.3 is 10.1 Å². The number of ether oxygens (including phenoxy) is 1. The van der Waals surface area contributed by atoms with Gasteiger partial charge in [-0.2, -0.15) is 0 Å². The molecule has 3 aromatic heterocycles. The van der Waals surface area contributed by atoms with Crippen LogP contribution in [0.4, 0.5) is 15.0 Å². The Balaban J connectivity index is 1.38. The van der Waals surface area contributed by atoms with Crippen LogP contribution < -0.4 is 15.4 Å². The van der Waals surface area contributed by atoms with Crippen molar-refractivity contribution < 1.29 is 13.9 Å². The number of urea groups is 1. The zero-order chi connectivity index (χ0) is 20.9. The van der Waals surface area contributed by atoms with E-state index in [2.05, 4.69) is 30.8 Å². The van der Waals surface area contributed by atoms with Crippen LogP contribution in [0.3, 0.4) is 0 Å². The predicted octanol–water partition coefficient (Wildman–Crippen LogP) is 3.95. The average Bonchev–Trinajstić information content (AvgIpc) is 3.15. The van der Waals surface area contributed by atoms with Gasteiger partial charge in [0.25, 0.3) is 0 Å². The third kappa shape index (κ3) is 4.52. The molecule has 0 radical (unpaired) electrons. The number of hydrogen-bond donors (Lipinski definition) is 3. The molecule has 3 N–H and O–H groups in total. The van der Waals surface area contributed by atoms with Gasteiger partial charge in [-0.3, -0.25) is 15.4 Å². The van der Waals surface area contributed by atoms with Gasteiger partial charge in [-0.15, -0.1) is 5.10 Å². The zero-order valence-corrected chi connectivity index (χ0v) is 16.1. The van der Waals surface area contributed by atoms with Crippen molar-refractivity contribution >= 4 is 22.8 Å². The molecular formula is C21H19FN6O2. The number of pyridine rings is 2. The quantitative estimate of drug-likeness (QED) is 0.450. The van der Waals surface area contributed by atoms with Gasteiger partial charge in [-0.05, 0) is 42.3 Å². The van der Waals surface area contributed by atoms with Crippen LogP contribution in [0.15, 0.2) is 61.1 Å². The lowest BCUT2D eigenvalue weighted by Gasteiger charge is -2.14. The van der Waals surface area contributed by atoms with E-state index in [1.165, 1.54) is 12.1 Å². The Morgan fingerprint density at radius 1 is 1.20 bits per heavy atom. The van der Waals surface area contributed by atoms with E-state index >= 15 is 0 Å². The standard InChI is InChI=1S/C21H19FN6O2/c1-13(15-2-4-16(22)5-3-15)25-21(29)26-19-10-18-17(11-24-19)20(28-27-18)30-12-14-6-8-23-9-7-14/h2-11,13H,12H2,1H3,(H,27,28)(H2,24,25,26,29). The average molecular weight is 406 g/mol. The van der Waals surface area contributed by atoms with E-state index in [1.54, 1.807) is 36.8 Å². The molecule has 3 heterocycles. The molecule has 0 fully saturated rings. The number of rotatable bonds is 6. The fourth-order valence-electron chi connectivity index (χ4n) is 2.88. The van der Waals surface area contributed by atoms with Gasteiger partial charge in [0.05, 0.1) is 16.9 Å². The maximum absolute atomic E-state index is 13.0. The minimum atomic E-state index is -0.424. The van der Waals surface area contributed by atoms with Gasteiger partial charge in [0, 0.05) is 24.7 Å². The number of fused-ring (bicyclic) bond motifs is 1. The van der Waals surface area contributed by atoms with Crippen LogP contribution >= 0.6 is 0 Å². The van der Waals surface area contributed by atoms with E-state index in [0.717, 1.165) is 11.1 Å². The Hall–Kier alpha value is -4.01. The van der Waals surface area contributed by atoms with Crippen molar-refractivity contribution in [2.24, 2.45) is 0 Å². The van der Waals surface area contributed by atoms with E-state index in [1.807, 2.05) is 19.1 Å². The molecule has 2 amide bonds. The minimum Gasteiger partial charge on any atom is -0.471 e. The van der Waals surface area contributed by atoms with Gasteiger partial charge in [-0.25, -0.2) is 14.2 Å². The Morgan fingerprint density at radius 2 is 1.97 bits per heavy atom. The fourth-order valence-corrected chi connectivity index (χ4v) is 2.88. The first-order valence-electron chi connectivity index (χ1n) is 9.27. The first kappa shape index (κ1) is 19.3. The second kappa shape index (κ2) is 8.56. The molecule has 4 aromatic rings. The predicted molar refractivity (Wildman–Crippen MR) is 109 cm³/mol. The van der Waals surface area contributed by atoms with Gasteiger partial charge in [0.15, 0.2) is 0 Å². The summed E-state index contributed by atoms with van der Waals surface area (Å²) in [6.07, 6.45) is 4.98. The number of amides is 2. The molecule has 0 aliphatic heterocycles. The summed E-state index contributed by atoms with van der Waals surface area (Å²) >= 11 is 0. The van der Waals surface area contributed by atoms with Crippen LogP contribution in [0.25, 0.3) is 10.9 Å². The van der Waals surface area contributed by atoms with Gasteiger partial charge in [0.1, 0.15) is 18.2 Å². The topological polar surface area (TPSA) is 105 Å². The highest BCUT2D eigenvalue weighted by Crippen LogP contribution is 2.24. The number of carbonyl (C=O) groups is 1. The number of aromatic amines is 1. The lowest BCUT2D eigenvalue weighted by atomic mass is 10.1. The van der Waals surface area contributed by atoms with Crippen LogP contribution in [0.1, 0.15) is 24.1 Å². The Morgan fingerprint density at radius 3 is 2.73 bits per heavy atom. The third-order valence-corrected chi connectivity index (χ3v) is 4.50. The van der Waals surface area contributed by atoms with Crippen molar-refractivity contribution in [1.82, 2.24) is 25.5 Å². The SMILES string of the molecule is CC(NC(=O)Nc1cc2[nH]nc(OCc3ccncc3)c2cn1)c1ccc(F)cc1. The van der Waals surface area contributed by atoms with Crippen molar-refractivity contribution in [3.05, 3.63) is 78.0 Å². The Bertz CT molecular complexity index is 1150. The maximum Gasteiger partial charge on any atom is 0.320 e. The minimum absolute atomic E-state index is 0.297. The molecule has 0 spiro atoms. The molecule has 4 rings (SSSR count). The zero-order valence-electron chi connectivity index (χ0n) is 16.1. The third-order valence-electron chi connectivity index (χ3n) is 4.50. The molecule has 0 saturated heterocycles. The van der Waals surface area contributed by atoms with E-state index in [0.29, 0.717) is 29.2 Å². The number of nitrogens with one attached hydrogen (secondary N) is 3. The monoisotopic (exact) mass is 406 g/mol. The molecule has 0 bridgehead atoms. The lowest BCUT2D eigenvalue weighted by molar-refractivity contribution is 0.249. The molecule has 1 atom stereocenters. The molecule has 1 aromatic carbocycles. The second-order valence-electron chi connectivity index (χ2n) is 6.66. The summed E-state index contributed by atoms with van der Waals surface area (Å²) in [4.78, 5) is 20.5.